The fourth-order valence-electron chi connectivity index (χ4n) is 3.65. The number of benzene rings is 1. The Kier molecular flexibility index (Phi) is 3.85. The maximum Gasteiger partial charge on any atom is 0.136 e. The van der Waals surface area contributed by atoms with E-state index in [1.165, 1.54) is 5.56 Å². The first-order chi connectivity index (χ1) is 11.6. The van der Waals surface area contributed by atoms with E-state index in [0.29, 0.717) is 19.3 Å². The number of piperidine rings is 1. The van der Waals surface area contributed by atoms with Gasteiger partial charge < -0.3 is 9.72 Å². The van der Waals surface area contributed by atoms with E-state index in [1.807, 2.05) is 18.5 Å². The third-order valence-corrected chi connectivity index (χ3v) is 5.11. The van der Waals surface area contributed by atoms with Crippen LogP contribution in [-0.4, -0.2) is 28.1 Å². The number of alkyl halides is 1. The lowest BCUT2D eigenvalue weighted by molar-refractivity contribution is 0.116. The van der Waals surface area contributed by atoms with E-state index < -0.39 is 5.67 Å². The molecule has 1 aromatic carbocycles. The van der Waals surface area contributed by atoms with Crippen molar-refractivity contribution < 1.29 is 4.39 Å². The Morgan fingerprint density at radius 2 is 1.88 bits per heavy atom. The maximum absolute atomic E-state index is 14.8. The SMILES string of the molecule is Cc1c(-c2ccc(CC3(F)CCNCC3)cc2)ccc2nccn12. The Morgan fingerprint density at radius 1 is 1.12 bits per heavy atom. The molecule has 1 saturated heterocycles. The number of fused-ring (bicyclic) bond motifs is 1. The molecule has 1 aliphatic heterocycles. The Balaban J connectivity index is 1.59. The number of hydrogen-bond donors (Lipinski definition) is 1. The number of hydrogen-bond acceptors (Lipinski definition) is 2. The van der Waals surface area contributed by atoms with E-state index in [2.05, 4.69) is 52.0 Å². The van der Waals surface area contributed by atoms with Gasteiger partial charge in [-0.2, -0.15) is 0 Å². The van der Waals surface area contributed by atoms with E-state index in [0.717, 1.165) is 35.6 Å². The molecule has 1 aliphatic rings. The molecule has 3 heterocycles. The molecule has 24 heavy (non-hydrogen) atoms. The first-order valence-corrected chi connectivity index (χ1v) is 8.56. The number of pyridine rings is 1. The second-order valence-corrected chi connectivity index (χ2v) is 6.76. The quantitative estimate of drug-likeness (QED) is 0.791. The molecule has 0 spiro atoms. The minimum Gasteiger partial charge on any atom is -0.316 e. The molecule has 0 aliphatic carbocycles. The van der Waals surface area contributed by atoms with Gasteiger partial charge in [0.25, 0.3) is 0 Å². The molecule has 0 saturated carbocycles. The number of nitrogens with zero attached hydrogens (tertiary/aromatic N) is 2. The minimum atomic E-state index is -1.06. The molecule has 2 aromatic heterocycles. The zero-order valence-corrected chi connectivity index (χ0v) is 13.9. The Morgan fingerprint density at radius 3 is 2.62 bits per heavy atom. The van der Waals surface area contributed by atoms with Gasteiger partial charge in [0.15, 0.2) is 0 Å². The van der Waals surface area contributed by atoms with Gasteiger partial charge in [0, 0.05) is 30.1 Å². The molecular weight excluding hydrogens is 301 g/mol. The van der Waals surface area contributed by atoms with Crippen molar-refractivity contribution in [1.29, 1.82) is 0 Å². The molecule has 0 amide bonds. The molecule has 0 bridgehead atoms. The topological polar surface area (TPSA) is 29.3 Å². The molecule has 0 radical (unpaired) electrons. The molecule has 0 atom stereocenters. The number of rotatable bonds is 3. The van der Waals surface area contributed by atoms with Crippen LogP contribution in [0, 0.1) is 6.92 Å². The lowest BCUT2D eigenvalue weighted by atomic mass is 9.87. The minimum absolute atomic E-state index is 0.508. The summed E-state index contributed by atoms with van der Waals surface area (Å²) in [6.45, 7) is 3.65. The van der Waals surface area contributed by atoms with Crippen LogP contribution in [0.4, 0.5) is 4.39 Å². The van der Waals surface area contributed by atoms with Crippen LogP contribution >= 0.6 is 0 Å². The van der Waals surface area contributed by atoms with E-state index in [9.17, 15) is 4.39 Å². The molecule has 3 nitrogen and oxygen atoms in total. The molecule has 4 heteroatoms. The second-order valence-electron chi connectivity index (χ2n) is 6.76. The van der Waals surface area contributed by atoms with Crippen LogP contribution in [0.15, 0.2) is 48.8 Å². The zero-order valence-electron chi connectivity index (χ0n) is 13.9. The molecule has 124 valence electrons. The fraction of sp³-hybridized carbons (Fsp3) is 0.350. The van der Waals surface area contributed by atoms with Crippen LogP contribution < -0.4 is 5.32 Å². The van der Waals surface area contributed by atoms with Crippen molar-refractivity contribution in [3.8, 4) is 11.1 Å². The summed E-state index contributed by atoms with van der Waals surface area (Å²) in [6, 6.07) is 12.5. The van der Waals surface area contributed by atoms with E-state index >= 15 is 0 Å². The van der Waals surface area contributed by atoms with Crippen molar-refractivity contribution in [2.24, 2.45) is 0 Å². The van der Waals surface area contributed by atoms with Gasteiger partial charge in [-0.3, -0.25) is 0 Å². The third-order valence-electron chi connectivity index (χ3n) is 5.11. The van der Waals surface area contributed by atoms with Gasteiger partial charge >= 0.3 is 0 Å². The van der Waals surface area contributed by atoms with Crippen molar-refractivity contribution in [2.45, 2.75) is 31.9 Å². The van der Waals surface area contributed by atoms with Crippen LogP contribution in [0.25, 0.3) is 16.8 Å². The largest absolute Gasteiger partial charge is 0.316 e. The lowest BCUT2D eigenvalue weighted by Crippen LogP contribution is -2.40. The second kappa shape index (κ2) is 6.02. The fourth-order valence-corrected chi connectivity index (χ4v) is 3.65. The summed E-state index contributed by atoms with van der Waals surface area (Å²) >= 11 is 0. The van der Waals surface area contributed by atoms with Gasteiger partial charge in [0.2, 0.25) is 0 Å². The maximum atomic E-state index is 14.8. The van der Waals surface area contributed by atoms with E-state index in [-0.39, 0.29) is 0 Å². The van der Waals surface area contributed by atoms with Crippen LogP contribution in [0.2, 0.25) is 0 Å². The summed E-state index contributed by atoms with van der Waals surface area (Å²) in [5.74, 6) is 0. The van der Waals surface area contributed by atoms with Crippen molar-refractivity contribution >= 4 is 5.65 Å². The average Bonchev–Trinajstić information content (AvgIpc) is 3.06. The Hall–Kier alpha value is -2.20. The number of nitrogens with one attached hydrogen (secondary N) is 1. The highest BCUT2D eigenvalue weighted by Crippen LogP contribution is 2.29. The molecule has 4 rings (SSSR count). The normalized spacial score (nSPS) is 17.2. The van der Waals surface area contributed by atoms with E-state index in [4.69, 9.17) is 0 Å². The van der Waals surface area contributed by atoms with Crippen molar-refractivity contribution in [1.82, 2.24) is 14.7 Å². The van der Waals surface area contributed by atoms with Crippen molar-refractivity contribution in [3.05, 3.63) is 60.0 Å². The molecule has 3 aromatic rings. The summed E-state index contributed by atoms with van der Waals surface area (Å²) in [4.78, 5) is 4.32. The summed E-state index contributed by atoms with van der Waals surface area (Å²) in [6.07, 6.45) is 5.51. The number of aromatic nitrogens is 2. The van der Waals surface area contributed by atoms with Crippen LogP contribution in [0.3, 0.4) is 0 Å². The number of halogens is 1. The predicted molar refractivity (Wildman–Crippen MR) is 95.0 cm³/mol. The first kappa shape index (κ1) is 15.3. The zero-order chi connectivity index (χ0) is 16.6. The van der Waals surface area contributed by atoms with Crippen LogP contribution in [0.1, 0.15) is 24.1 Å². The third kappa shape index (κ3) is 2.82. The van der Waals surface area contributed by atoms with Crippen LogP contribution in [0.5, 0.6) is 0 Å². The van der Waals surface area contributed by atoms with Gasteiger partial charge in [0.1, 0.15) is 11.3 Å². The van der Waals surface area contributed by atoms with Gasteiger partial charge in [-0.1, -0.05) is 24.3 Å². The standard InChI is InChI=1S/C20H22FN3/c1-15-18(6-7-19-23-12-13-24(15)19)17-4-2-16(3-5-17)14-20(21)8-10-22-11-9-20/h2-7,12-13,22H,8-11,14H2,1H3. The first-order valence-electron chi connectivity index (χ1n) is 8.56. The number of aryl methyl sites for hydroxylation is 1. The highest BCUT2D eigenvalue weighted by molar-refractivity contribution is 5.68. The molecule has 1 fully saturated rings. The summed E-state index contributed by atoms with van der Waals surface area (Å²) < 4.78 is 16.9. The van der Waals surface area contributed by atoms with Crippen molar-refractivity contribution in [2.75, 3.05) is 13.1 Å². The summed E-state index contributed by atoms with van der Waals surface area (Å²) in [5.41, 5.74) is 4.48. The number of imidazole rings is 1. The van der Waals surface area contributed by atoms with Gasteiger partial charge in [-0.05, 0) is 56.1 Å². The molecule has 1 N–H and O–H groups in total. The van der Waals surface area contributed by atoms with E-state index in [1.54, 1.807) is 0 Å². The smallest absolute Gasteiger partial charge is 0.136 e. The Bertz CT molecular complexity index is 845. The predicted octanol–water partition coefficient (Wildman–Crippen LogP) is 3.94. The lowest BCUT2D eigenvalue weighted by Gasteiger charge is -2.30. The average molecular weight is 323 g/mol. The molecular formula is C20H22FN3. The highest BCUT2D eigenvalue weighted by atomic mass is 19.1. The van der Waals surface area contributed by atoms with Crippen LogP contribution in [-0.2, 0) is 6.42 Å². The van der Waals surface area contributed by atoms with Crippen molar-refractivity contribution in [3.63, 3.8) is 0 Å². The molecule has 0 unspecified atom stereocenters. The highest BCUT2D eigenvalue weighted by Gasteiger charge is 2.31. The van der Waals surface area contributed by atoms with Gasteiger partial charge in [-0.25, -0.2) is 9.37 Å². The van der Waals surface area contributed by atoms with Gasteiger partial charge in [-0.15, -0.1) is 0 Å². The summed E-state index contributed by atoms with van der Waals surface area (Å²) in [5, 5.41) is 3.23. The Labute approximate surface area is 141 Å². The summed E-state index contributed by atoms with van der Waals surface area (Å²) in [7, 11) is 0. The van der Waals surface area contributed by atoms with Gasteiger partial charge in [0.05, 0.1) is 0 Å². The monoisotopic (exact) mass is 323 g/mol.